The summed E-state index contributed by atoms with van der Waals surface area (Å²) in [5, 5.41) is 12.1. The van der Waals surface area contributed by atoms with Crippen molar-refractivity contribution < 1.29 is 14.7 Å². The number of piperidine rings is 2. The van der Waals surface area contributed by atoms with E-state index >= 15 is 0 Å². The third-order valence-electron chi connectivity index (χ3n) is 5.73. The van der Waals surface area contributed by atoms with Gasteiger partial charge in [-0.15, -0.1) is 0 Å². The van der Waals surface area contributed by atoms with Gasteiger partial charge >= 0.3 is 0 Å². The second-order valence-electron chi connectivity index (χ2n) is 7.24. The van der Waals surface area contributed by atoms with Crippen LogP contribution in [0, 0.1) is 0 Å². The number of nitrogens with zero attached hydrogens (tertiary/aromatic N) is 3. The van der Waals surface area contributed by atoms with E-state index in [4.69, 9.17) is 0 Å². The average molecular weight is 346 g/mol. The number of hydrogen-bond donors (Lipinski definition) is 2. The molecule has 1 aromatic rings. The molecular weight excluding hydrogens is 320 g/mol. The van der Waals surface area contributed by atoms with Crippen LogP contribution in [0.4, 0.5) is 0 Å². The fraction of sp³-hybridized carbons (Fsp3) is 0.611. The number of aromatic hydroxyl groups is 1. The minimum atomic E-state index is -0.405. The molecule has 2 saturated heterocycles. The fourth-order valence-corrected chi connectivity index (χ4v) is 4.16. The van der Waals surface area contributed by atoms with Gasteiger partial charge in [0.05, 0.1) is 18.3 Å². The van der Waals surface area contributed by atoms with E-state index in [1.807, 2.05) is 4.90 Å². The van der Waals surface area contributed by atoms with Crippen LogP contribution in [0.2, 0.25) is 0 Å². The Morgan fingerprint density at radius 1 is 1.36 bits per heavy atom. The first-order valence-corrected chi connectivity index (χ1v) is 8.85. The molecule has 0 saturated carbocycles. The zero-order valence-corrected chi connectivity index (χ0v) is 14.9. The summed E-state index contributed by atoms with van der Waals surface area (Å²) < 4.78 is 0. The van der Waals surface area contributed by atoms with Crippen molar-refractivity contribution in [2.75, 3.05) is 26.7 Å². The van der Waals surface area contributed by atoms with E-state index in [9.17, 15) is 14.7 Å². The Hall–Kier alpha value is -2.15. The summed E-state index contributed by atoms with van der Waals surface area (Å²) in [6, 6.07) is 1.53. The third-order valence-corrected chi connectivity index (χ3v) is 5.73. The number of carbonyl (C=O) groups is 2. The van der Waals surface area contributed by atoms with Gasteiger partial charge in [0.1, 0.15) is 5.75 Å². The highest BCUT2D eigenvalue weighted by atomic mass is 16.3. The highest BCUT2D eigenvalue weighted by Crippen LogP contribution is 2.38. The van der Waals surface area contributed by atoms with Gasteiger partial charge in [-0.25, -0.2) is 0 Å². The lowest BCUT2D eigenvalue weighted by Crippen LogP contribution is -2.66. The maximum absolute atomic E-state index is 12.7. The molecule has 2 amide bonds. The van der Waals surface area contributed by atoms with Gasteiger partial charge in [-0.05, 0) is 52.3 Å². The lowest BCUT2D eigenvalue weighted by Gasteiger charge is -2.55. The maximum atomic E-state index is 12.7. The van der Waals surface area contributed by atoms with Crippen molar-refractivity contribution in [3.8, 4) is 5.75 Å². The molecule has 7 heteroatoms. The van der Waals surface area contributed by atoms with Crippen molar-refractivity contribution in [2.24, 2.45) is 0 Å². The quantitative estimate of drug-likeness (QED) is 0.853. The molecule has 2 fully saturated rings. The monoisotopic (exact) mass is 346 g/mol. The van der Waals surface area contributed by atoms with Crippen LogP contribution >= 0.6 is 0 Å². The maximum Gasteiger partial charge on any atom is 0.253 e. The molecule has 2 atom stereocenters. The molecule has 25 heavy (non-hydrogen) atoms. The lowest BCUT2D eigenvalue weighted by molar-refractivity contribution is -0.142. The normalized spacial score (nSPS) is 26.8. The van der Waals surface area contributed by atoms with E-state index in [-0.39, 0.29) is 35.3 Å². The van der Waals surface area contributed by atoms with E-state index in [0.717, 1.165) is 38.8 Å². The zero-order chi connectivity index (χ0) is 18.0. The zero-order valence-electron chi connectivity index (χ0n) is 14.9. The van der Waals surface area contributed by atoms with Crippen LogP contribution in [0.15, 0.2) is 18.5 Å². The van der Waals surface area contributed by atoms with Crippen LogP contribution in [0.5, 0.6) is 5.75 Å². The standard InChI is InChI=1S/C18H26N4O3/c1-18-6-4-8-22(15(18)5-3-7-21(18)2)16(24)12-20-17(25)13-9-14(23)11-19-10-13/h9-11,15,23H,3-8,12H2,1-2H3,(H,20,25)/t15-,18-/m0/s1. The number of carbonyl (C=O) groups excluding carboxylic acids is 2. The molecule has 3 rings (SSSR count). The summed E-state index contributed by atoms with van der Waals surface area (Å²) in [7, 11) is 2.14. The highest BCUT2D eigenvalue weighted by Gasteiger charge is 2.46. The summed E-state index contributed by atoms with van der Waals surface area (Å²) in [4.78, 5) is 33.0. The molecule has 3 heterocycles. The molecular formula is C18H26N4O3. The molecule has 0 aliphatic carbocycles. The number of hydrogen-bond acceptors (Lipinski definition) is 5. The van der Waals surface area contributed by atoms with Gasteiger partial charge in [-0.2, -0.15) is 0 Å². The van der Waals surface area contributed by atoms with Gasteiger partial charge in [0, 0.05) is 24.3 Å². The van der Waals surface area contributed by atoms with Crippen molar-refractivity contribution >= 4 is 11.8 Å². The number of likely N-dealkylation sites (tertiary alicyclic amines) is 2. The SMILES string of the molecule is CN1CCC[C@@H]2N(C(=O)CNC(=O)c3cncc(O)c3)CCC[C@@]21C. The lowest BCUT2D eigenvalue weighted by atomic mass is 9.76. The number of nitrogens with one attached hydrogen (secondary N) is 1. The van der Waals surface area contributed by atoms with Crippen molar-refractivity contribution in [3.63, 3.8) is 0 Å². The number of pyridine rings is 1. The molecule has 0 bridgehead atoms. The van der Waals surface area contributed by atoms with Crippen molar-refractivity contribution in [2.45, 2.75) is 44.2 Å². The minimum absolute atomic E-state index is 0.0192. The summed E-state index contributed by atoms with van der Waals surface area (Å²) in [6.45, 7) is 4.02. The van der Waals surface area contributed by atoms with Gasteiger partial charge in [-0.1, -0.05) is 0 Å². The molecule has 7 nitrogen and oxygen atoms in total. The molecule has 0 unspecified atom stereocenters. The Balaban J connectivity index is 1.63. The summed E-state index contributed by atoms with van der Waals surface area (Å²) >= 11 is 0. The van der Waals surface area contributed by atoms with Gasteiger partial charge in [0.15, 0.2) is 0 Å². The predicted molar refractivity (Wildman–Crippen MR) is 93.2 cm³/mol. The topological polar surface area (TPSA) is 85.8 Å². The number of amides is 2. The Kier molecular flexibility index (Phi) is 4.94. The first kappa shape index (κ1) is 17.7. The number of fused-ring (bicyclic) bond motifs is 1. The van der Waals surface area contributed by atoms with Crippen molar-refractivity contribution in [1.82, 2.24) is 20.1 Å². The van der Waals surface area contributed by atoms with E-state index in [0.29, 0.717) is 0 Å². The molecule has 2 aliphatic heterocycles. The van der Waals surface area contributed by atoms with Crippen LogP contribution in [-0.2, 0) is 4.79 Å². The Morgan fingerprint density at radius 2 is 2.16 bits per heavy atom. The van der Waals surface area contributed by atoms with Crippen LogP contribution in [0.25, 0.3) is 0 Å². The third kappa shape index (κ3) is 3.46. The molecule has 0 aromatic carbocycles. The first-order chi connectivity index (χ1) is 11.9. The van der Waals surface area contributed by atoms with Crippen molar-refractivity contribution in [3.05, 3.63) is 24.0 Å². The first-order valence-electron chi connectivity index (χ1n) is 8.85. The van der Waals surface area contributed by atoms with Gasteiger partial charge in [0.2, 0.25) is 5.91 Å². The molecule has 136 valence electrons. The largest absolute Gasteiger partial charge is 0.506 e. The van der Waals surface area contributed by atoms with Crippen LogP contribution in [-0.4, -0.2) is 70.0 Å². The summed E-state index contributed by atoms with van der Waals surface area (Å²) in [6.07, 6.45) is 6.80. The highest BCUT2D eigenvalue weighted by molar-refractivity contribution is 5.96. The summed E-state index contributed by atoms with van der Waals surface area (Å²) in [5.74, 6) is -0.527. The predicted octanol–water partition coefficient (Wildman–Crippen LogP) is 0.992. The molecule has 1 aromatic heterocycles. The van der Waals surface area contributed by atoms with Gasteiger partial charge in [-0.3, -0.25) is 19.5 Å². The van der Waals surface area contributed by atoms with E-state index in [2.05, 4.69) is 29.2 Å². The van der Waals surface area contributed by atoms with Crippen LogP contribution < -0.4 is 5.32 Å². The second kappa shape index (κ2) is 7.00. The second-order valence-corrected chi connectivity index (χ2v) is 7.24. The van der Waals surface area contributed by atoms with Crippen LogP contribution in [0.1, 0.15) is 43.0 Å². The van der Waals surface area contributed by atoms with Crippen molar-refractivity contribution in [1.29, 1.82) is 0 Å². The molecule has 0 radical (unpaired) electrons. The Morgan fingerprint density at radius 3 is 2.92 bits per heavy atom. The smallest absolute Gasteiger partial charge is 0.253 e. The number of rotatable bonds is 3. The van der Waals surface area contributed by atoms with E-state index in [1.165, 1.54) is 18.5 Å². The van der Waals surface area contributed by atoms with E-state index < -0.39 is 5.91 Å². The van der Waals surface area contributed by atoms with Gasteiger partial charge < -0.3 is 15.3 Å². The molecule has 2 aliphatic rings. The molecule has 0 spiro atoms. The number of aromatic nitrogens is 1. The molecule has 2 N–H and O–H groups in total. The van der Waals surface area contributed by atoms with Gasteiger partial charge in [0.25, 0.3) is 5.91 Å². The average Bonchev–Trinajstić information content (AvgIpc) is 2.60. The fourth-order valence-electron chi connectivity index (χ4n) is 4.16. The minimum Gasteiger partial charge on any atom is -0.506 e. The van der Waals surface area contributed by atoms with Crippen LogP contribution in [0.3, 0.4) is 0 Å². The summed E-state index contributed by atoms with van der Waals surface area (Å²) in [5.41, 5.74) is 0.263. The number of likely N-dealkylation sites (N-methyl/N-ethyl adjacent to an activating group) is 1. The Labute approximate surface area is 148 Å². The Bertz CT molecular complexity index is 665. The van der Waals surface area contributed by atoms with E-state index in [1.54, 1.807) is 0 Å².